The Kier molecular flexibility index (Phi) is 3.23. The Morgan fingerprint density at radius 2 is 2.10 bits per heavy atom. The van der Waals surface area contributed by atoms with Gasteiger partial charge in [0.15, 0.2) is 5.69 Å². The van der Waals surface area contributed by atoms with E-state index in [9.17, 15) is 23.3 Å². The lowest BCUT2D eigenvalue weighted by Crippen LogP contribution is -2.14. The van der Waals surface area contributed by atoms with Gasteiger partial charge in [0.1, 0.15) is 6.33 Å². The molecule has 0 unspecified atom stereocenters. The largest absolute Gasteiger partial charge is 0.435 e. The Bertz CT molecular complexity index is 654. The standard InChI is InChI=1S/C8H6F3N7O2/c9-8(10,11)4-1-2-17(16-4)7-5(18(19)20)6(15-12)13-3-14-7/h1-3H,12H2,(H,13,14,15). The SMILES string of the molecule is NNc1ncnc(-n2ccc(C(F)(F)F)n2)c1[N+](=O)[O-]. The van der Waals surface area contributed by atoms with Gasteiger partial charge in [0.05, 0.1) is 4.92 Å². The highest BCUT2D eigenvalue weighted by Crippen LogP contribution is 2.30. The van der Waals surface area contributed by atoms with E-state index in [4.69, 9.17) is 5.84 Å². The number of hydrazine groups is 1. The van der Waals surface area contributed by atoms with Gasteiger partial charge in [-0.15, -0.1) is 0 Å². The van der Waals surface area contributed by atoms with E-state index in [1.54, 1.807) is 0 Å². The van der Waals surface area contributed by atoms with Gasteiger partial charge < -0.3 is 5.43 Å². The molecule has 3 N–H and O–H groups in total. The fourth-order valence-corrected chi connectivity index (χ4v) is 1.40. The van der Waals surface area contributed by atoms with Crippen LogP contribution in [0.25, 0.3) is 5.82 Å². The predicted octanol–water partition coefficient (Wildman–Crippen LogP) is 0.875. The Hall–Kier alpha value is -2.76. The van der Waals surface area contributed by atoms with Crippen molar-refractivity contribution in [3.8, 4) is 5.82 Å². The first kappa shape index (κ1) is 13.7. The van der Waals surface area contributed by atoms with Crippen molar-refractivity contribution in [2.75, 3.05) is 5.43 Å². The third-order valence-electron chi connectivity index (χ3n) is 2.22. The second-order valence-electron chi connectivity index (χ2n) is 3.44. The molecule has 2 aromatic heterocycles. The lowest BCUT2D eigenvalue weighted by molar-refractivity contribution is -0.384. The number of aromatic nitrogens is 4. The minimum Gasteiger partial charge on any atom is -0.303 e. The second kappa shape index (κ2) is 4.73. The van der Waals surface area contributed by atoms with E-state index >= 15 is 0 Å². The number of nitrogens with two attached hydrogens (primary N) is 1. The van der Waals surface area contributed by atoms with Crippen LogP contribution in [-0.2, 0) is 6.18 Å². The van der Waals surface area contributed by atoms with Crippen molar-refractivity contribution in [3.05, 3.63) is 34.4 Å². The molecule has 0 saturated heterocycles. The number of nitrogens with one attached hydrogen (secondary N) is 1. The Balaban J connectivity index is 2.58. The predicted molar refractivity (Wildman–Crippen MR) is 58.6 cm³/mol. The molecule has 2 rings (SSSR count). The lowest BCUT2D eigenvalue weighted by atomic mass is 10.4. The zero-order valence-electron chi connectivity index (χ0n) is 9.50. The van der Waals surface area contributed by atoms with Crippen LogP contribution < -0.4 is 11.3 Å². The summed E-state index contributed by atoms with van der Waals surface area (Å²) in [6.45, 7) is 0. The van der Waals surface area contributed by atoms with Crippen molar-refractivity contribution < 1.29 is 18.1 Å². The lowest BCUT2D eigenvalue weighted by Gasteiger charge is -2.05. The van der Waals surface area contributed by atoms with E-state index in [1.807, 2.05) is 5.43 Å². The van der Waals surface area contributed by atoms with Crippen molar-refractivity contribution in [2.24, 2.45) is 5.84 Å². The summed E-state index contributed by atoms with van der Waals surface area (Å²) in [7, 11) is 0. The molecule has 2 heterocycles. The molecule has 0 aliphatic heterocycles. The molecule has 0 atom stereocenters. The summed E-state index contributed by atoms with van der Waals surface area (Å²) in [6, 6.07) is 0.668. The number of anilines is 1. The van der Waals surface area contributed by atoms with Gasteiger partial charge in [0.25, 0.3) is 0 Å². The van der Waals surface area contributed by atoms with Crippen LogP contribution in [0.2, 0.25) is 0 Å². The zero-order valence-corrected chi connectivity index (χ0v) is 9.50. The summed E-state index contributed by atoms with van der Waals surface area (Å²) < 4.78 is 38.0. The van der Waals surface area contributed by atoms with Gasteiger partial charge >= 0.3 is 11.9 Å². The molecule has 9 nitrogen and oxygen atoms in total. The van der Waals surface area contributed by atoms with Gasteiger partial charge in [-0.2, -0.15) is 18.3 Å². The van der Waals surface area contributed by atoms with Gasteiger partial charge in [-0.1, -0.05) is 0 Å². The van der Waals surface area contributed by atoms with E-state index in [-0.39, 0.29) is 5.82 Å². The summed E-state index contributed by atoms with van der Waals surface area (Å²) in [4.78, 5) is 17.1. The third kappa shape index (κ3) is 2.35. The van der Waals surface area contributed by atoms with Crippen LogP contribution in [0.1, 0.15) is 5.69 Å². The fourth-order valence-electron chi connectivity index (χ4n) is 1.40. The van der Waals surface area contributed by atoms with Crippen molar-refractivity contribution in [2.45, 2.75) is 6.18 Å². The maximum Gasteiger partial charge on any atom is 0.435 e. The van der Waals surface area contributed by atoms with Crippen molar-refractivity contribution in [1.82, 2.24) is 19.7 Å². The maximum atomic E-state index is 12.4. The van der Waals surface area contributed by atoms with Crippen LogP contribution in [0.4, 0.5) is 24.7 Å². The van der Waals surface area contributed by atoms with Crippen LogP contribution in [0.3, 0.4) is 0 Å². The minimum atomic E-state index is -4.66. The first-order valence-corrected chi connectivity index (χ1v) is 4.94. The molecule has 0 fully saturated rings. The molecule has 0 bridgehead atoms. The molecular weight excluding hydrogens is 283 g/mol. The highest BCUT2D eigenvalue weighted by molar-refractivity contribution is 5.63. The van der Waals surface area contributed by atoms with Gasteiger partial charge in [-0.25, -0.2) is 20.5 Å². The Labute approximate surface area is 108 Å². The number of rotatable bonds is 3. The number of hydrogen-bond donors (Lipinski definition) is 2. The highest BCUT2D eigenvalue weighted by atomic mass is 19.4. The molecule has 20 heavy (non-hydrogen) atoms. The molecular formula is C8H6F3N7O2. The van der Waals surface area contributed by atoms with Gasteiger partial charge in [-0.05, 0) is 6.07 Å². The van der Waals surface area contributed by atoms with Crippen LogP contribution in [0, 0.1) is 10.1 Å². The number of nitro groups is 1. The molecule has 106 valence electrons. The monoisotopic (exact) mass is 289 g/mol. The average molecular weight is 289 g/mol. The smallest absolute Gasteiger partial charge is 0.303 e. The Morgan fingerprint density at radius 1 is 1.40 bits per heavy atom. The maximum absolute atomic E-state index is 12.4. The molecule has 0 saturated carbocycles. The quantitative estimate of drug-likeness (QED) is 0.488. The van der Waals surface area contributed by atoms with E-state index < -0.39 is 28.3 Å². The van der Waals surface area contributed by atoms with Crippen LogP contribution in [0.5, 0.6) is 0 Å². The van der Waals surface area contributed by atoms with Gasteiger partial charge in [0.2, 0.25) is 11.6 Å². The van der Waals surface area contributed by atoms with Crippen LogP contribution in [0.15, 0.2) is 18.6 Å². The van der Waals surface area contributed by atoms with Crippen LogP contribution >= 0.6 is 0 Å². The minimum absolute atomic E-state index is 0.343. The fraction of sp³-hybridized carbons (Fsp3) is 0.125. The normalized spacial score (nSPS) is 11.4. The van der Waals surface area contributed by atoms with Crippen molar-refractivity contribution in [3.63, 3.8) is 0 Å². The summed E-state index contributed by atoms with van der Waals surface area (Å²) in [5, 5.41) is 14.1. The van der Waals surface area contributed by atoms with Gasteiger partial charge in [0, 0.05) is 6.20 Å². The van der Waals surface area contributed by atoms with Gasteiger partial charge in [-0.3, -0.25) is 10.1 Å². The molecule has 2 aromatic rings. The zero-order chi connectivity index (χ0) is 14.9. The summed E-state index contributed by atoms with van der Waals surface area (Å²) in [5.41, 5.74) is 0.0786. The van der Waals surface area contributed by atoms with Crippen LogP contribution in [-0.4, -0.2) is 24.7 Å². The second-order valence-corrected chi connectivity index (χ2v) is 3.44. The van der Waals surface area contributed by atoms with E-state index in [2.05, 4.69) is 15.1 Å². The third-order valence-corrected chi connectivity index (χ3v) is 2.22. The molecule has 0 aromatic carbocycles. The number of hydrogen-bond acceptors (Lipinski definition) is 7. The number of nitrogen functional groups attached to an aromatic ring is 1. The van der Waals surface area contributed by atoms with E-state index in [0.717, 1.165) is 12.5 Å². The van der Waals surface area contributed by atoms with E-state index in [1.165, 1.54) is 0 Å². The Morgan fingerprint density at radius 3 is 2.60 bits per heavy atom. The highest BCUT2D eigenvalue weighted by Gasteiger charge is 2.34. The summed E-state index contributed by atoms with van der Waals surface area (Å²) in [5.74, 6) is 4.28. The molecule has 0 amide bonds. The molecule has 0 aliphatic rings. The number of halogens is 3. The van der Waals surface area contributed by atoms with E-state index in [0.29, 0.717) is 10.7 Å². The topological polar surface area (TPSA) is 125 Å². The number of alkyl halides is 3. The summed E-state index contributed by atoms with van der Waals surface area (Å²) >= 11 is 0. The van der Waals surface area contributed by atoms with Crippen molar-refractivity contribution in [1.29, 1.82) is 0 Å². The van der Waals surface area contributed by atoms with Crippen molar-refractivity contribution >= 4 is 11.5 Å². The molecule has 0 aliphatic carbocycles. The molecule has 0 radical (unpaired) electrons. The first-order valence-electron chi connectivity index (χ1n) is 4.94. The molecule has 0 spiro atoms. The average Bonchev–Trinajstić information content (AvgIpc) is 2.86. The molecule has 12 heteroatoms. The first-order chi connectivity index (χ1) is 9.34. The number of nitrogens with zero attached hydrogens (tertiary/aromatic N) is 5. The summed E-state index contributed by atoms with van der Waals surface area (Å²) in [6.07, 6.45) is -2.85.